The SMILES string of the molecule is O=C(O)CC1=CCCN1. The van der Waals surface area contributed by atoms with Crippen LogP contribution in [-0.4, -0.2) is 17.6 Å². The topological polar surface area (TPSA) is 49.3 Å². The molecule has 2 N–H and O–H groups in total. The summed E-state index contributed by atoms with van der Waals surface area (Å²) in [4.78, 5) is 10.1. The molecule has 1 aliphatic heterocycles. The number of carboxylic acid groups (broad SMARTS) is 1. The van der Waals surface area contributed by atoms with Gasteiger partial charge in [0.2, 0.25) is 0 Å². The molecule has 1 aliphatic rings. The van der Waals surface area contributed by atoms with Crippen molar-refractivity contribution in [3.63, 3.8) is 0 Å². The Bertz CT molecular complexity index is 151. The number of hydrogen-bond donors (Lipinski definition) is 2. The third kappa shape index (κ3) is 1.76. The maximum absolute atomic E-state index is 10.1. The Morgan fingerprint density at radius 3 is 3.11 bits per heavy atom. The van der Waals surface area contributed by atoms with Gasteiger partial charge < -0.3 is 10.4 Å². The third-order valence-corrected chi connectivity index (χ3v) is 1.23. The van der Waals surface area contributed by atoms with E-state index in [4.69, 9.17) is 5.11 Å². The fourth-order valence-electron chi connectivity index (χ4n) is 0.849. The van der Waals surface area contributed by atoms with Crippen molar-refractivity contribution in [3.8, 4) is 0 Å². The van der Waals surface area contributed by atoms with E-state index in [1.165, 1.54) is 0 Å². The van der Waals surface area contributed by atoms with Gasteiger partial charge in [0.25, 0.3) is 0 Å². The molecular formula is C6H9NO2. The second-order valence-corrected chi connectivity index (χ2v) is 2.02. The molecule has 3 heteroatoms. The molecule has 0 saturated carbocycles. The van der Waals surface area contributed by atoms with Crippen LogP contribution in [0.5, 0.6) is 0 Å². The van der Waals surface area contributed by atoms with Crippen LogP contribution in [0.25, 0.3) is 0 Å². The zero-order chi connectivity index (χ0) is 6.69. The highest BCUT2D eigenvalue weighted by atomic mass is 16.4. The highest BCUT2D eigenvalue weighted by molar-refractivity contribution is 5.69. The third-order valence-electron chi connectivity index (χ3n) is 1.23. The van der Waals surface area contributed by atoms with Gasteiger partial charge in [0.05, 0.1) is 6.42 Å². The molecule has 50 valence electrons. The fourth-order valence-corrected chi connectivity index (χ4v) is 0.849. The number of carboxylic acids is 1. The minimum Gasteiger partial charge on any atom is -0.481 e. The highest BCUT2D eigenvalue weighted by Crippen LogP contribution is 2.04. The van der Waals surface area contributed by atoms with E-state index in [1.54, 1.807) is 0 Å². The summed E-state index contributed by atoms with van der Waals surface area (Å²) in [6.45, 7) is 0.891. The van der Waals surface area contributed by atoms with Crippen molar-refractivity contribution in [2.75, 3.05) is 6.54 Å². The fraction of sp³-hybridized carbons (Fsp3) is 0.500. The standard InChI is InChI=1S/C6H9NO2/c8-6(9)4-5-2-1-3-7-5/h2,7H,1,3-4H2,(H,8,9). The van der Waals surface area contributed by atoms with Crippen molar-refractivity contribution in [3.05, 3.63) is 11.8 Å². The summed E-state index contributed by atoms with van der Waals surface area (Å²) < 4.78 is 0. The lowest BCUT2D eigenvalue weighted by Gasteiger charge is -1.97. The van der Waals surface area contributed by atoms with Crippen LogP contribution in [0, 0.1) is 0 Å². The Hall–Kier alpha value is -0.990. The average Bonchev–Trinajstić information content (AvgIpc) is 2.15. The Balaban J connectivity index is 2.35. The van der Waals surface area contributed by atoms with E-state index in [1.807, 2.05) is 6.08 Å². The van der Waals surface area contributed by atoms with Gasteiger partial charge >= 0.3 is 5.97 Å². The lowest BCUT2D eigenvalue weighted by molar-refractivity contribution is -0.136. The predicted molar refractivity (Wildman–Crippen MR) is 33.0 cm³/mol. The van der Waals surface area contributed by atoms with Crippen molar-refractivity contribution in [2.45, 2.75) is 12.8 Å². The lowest BCUT2D eigenvalue weighted by atomic mass is 10.3. The maximum Gasteiger partial charge on any atom is 0.309 e. The average molecular weight is 127 g/mol. The van der Waals surface area contributed by atoms with Gasteiger partial charge in [0.1, 0.15) is 0 Å². The van der Waals surface area contributed by atoms with Gasteiger partial charge in [-0.3, -0.25) is 4.79 Å². The van der Waals surface area contributed by atoms with Gasteiger partial charge in [-0.1, -0.05) is 6.08 Å². The smallest absolute Gasteiger partial charge is 0.309 e. The summed E-state index contributed by atoms with van der Waals surface area (Å²) in [6, 6.07) is 0. The Morgan fingerprint density at radius 2 is 2.67 bits per heavy atom. The van der Waals surface area contributed by atoms with Crippen molar-refractivity contribution < 1.29 is 9.90 Å². The van der Waals surface area contributed by atoms with E-state index in [9.17, 15) is 4.79 Å². The van der Waals surface area contributed by atoms with E-state index in [2.05, 4.69) is 5.32 Å². The van der Waals surface area contributed by atoms with Gasteiger partial charge in [0.15, 0.2) is 0 Å². The molecule has 0 bridgehead atoms. The summed E-state index contributed by atoms with van der Waals surface area (Å²) >= 11 is 0. The molecule has 0 atom stereocenters. The minimum absolute atomic E-state index is 0.139. The molecule has 0 fully saturated rings. The molecule has 0 aromatic heterocycles. The largest absolute Gasteiger partial charge is 0.481 e. The molecule has 0 aliphatic carbocycles. The molecule has 1 heterocycles. The molecule has 0 unspecified atom stereocenters. The summed E-state index contributed by atoms with van der Waals surface area (Å²) in [5.74, 6) is -0.768. The molecule has 3 nitrogen and oxygen atoms in total. The first-order chi connectivity index (χ1) is 4.29. The summed E-state index contributed by atoms with van der Waals surface area (Å²) in [5.41, 5.74) is 0.850. The number of carbonyl (C=O) groups is 1. The predicted octanol–water partition coefficient (Wildman–Crippen LogP) is 0.338. The first kappa shape index (κ1) is 6.13. The molecule has 0 amide bonds. The number of rotatable bonds is 2. The number of hydrogen-bond acceptors (Lipinski definition) is 2. The van der Waals surface area contributed by atoms with Gasteiger partial charge in [-0.25, -0.2) is 0 Å². The normalized spacial score (nSPS) is 16.7. The highest BCUT2D eigenvalue weighted by Gasteiger charge is 2.05. The van der Waals surface area contributed by atoms with Gasteiger partial charge in [0, 0.05) is 12.2 Å². The first-order valence-corrected chi connectivity index (χ1v) is 2.94. The first-order valence-electron chi connectivity index (χ1n) is 2.94. The Morgan fingerprint density at radius 1 is 1.89 bits per heavy atom. The van der Waals surface area contributed by atoms with Crippen LogP contribution in [0.3, 0.4) is 0 Å². The van der Waals surface area contributed by atoms with Crippen molar-refractivity contribution in [1.29, 1.82) is 0 Å². The van der Waals surface area contributed by atoms with Crippen LogP contribution in [-0.2, 0) is 4.79 Å². The summed E-state index contributed by atoms with van der Waals surface area (Å²) in [6.07, 6.45) is 3.02. The number of aliphatic carboxylic acids is 1. The Labute approximate surface area is 53.4 Å². The zero-order valence-corrected chi connectivity index (χ0v) is 5.05. The monoisotopic (exact) mass is 127 g/mol. The zero-order valence-electron chi connectivity index (χ0n) is 5.05. The molecular weight excluding hydrogens is 118 g/mol. The molecule has 0 aromatic carbocycles. The van der Waals surface area contributed by atoms with Crippen LogP contribution in [0.1, 0.15) is 12.8 Å². The van der Waals surface area contributed by atoms with Crippen molar-refractivity contribution >= 4 is 5.97 Å². The van der Waals surface area contributed by atoms with Gasteiger partial charge in [-0.2, -0.15) is 0 Å². The van der Waals surface area contributed by atoms with Crippen LogP contribution in [0.15, 0.2) is 11.8 Å². The van der Waals surface area contributed by atoms with Gasteiger partial charge in [-0.15, -0.1) is 0 Å². The van der Waals surface area contributed by atoms with E-state index in [0.29, 0.717) is 0 Å². The summed E-state index contributed by atoms with van der Waals surface area (Å²) in [7, 11) is 0. The maximum atomic E-state index is 10.1. The van der Waals surface area contributed by atoms with Crippen LogP contribution >= 0.6 is 0 Å². The second kappa shape index (κ2) is 2.53. The van der Waals surface area contributed by atoms with Gasteiger partial charge in [-0.05, 0) is 6.42 Å². The second-order valence-electron chi connectivity index (χ2n) is 2.02. The molecule has 0 spiro atoms. The van der Waals surface area contributed by atoms with Crippen LogP contribution < -0.4 is 5.32 Å². The van der Waals surface area contributed by atoms with E-state index in [0.717, 1.165) is 18.7 Å². The lowest BCUT2D eigenvalue weighted by Crippen LogP contribution is -2.10. The van der Waals surface area contributed by atoms with Crippen LogP contribution in [0.4, 0.5) is 0 Å². The van der Waals surface area contributed by atoms with E-state index in [-0.39, 0.29) is 6.42 Å². The molecule has 9 heavy (non-hydrogen) atoms. The Kier molecular flexibility index (Phi) is 1.72. The minimum atomic E-state index is -0.768. The quantitative estimate of drug-likeness (QED) is 0.562. The molecule has 0 aromatic rings. The van der Waals surface area contributed by atoms with Crippen LogP contribution in [0.2, 0.25) is 0 Å². The van der Waals surface area contributed by atoms with E-state index >= 15 is 0 Å². The molecule has 0 saturated heterocycles. The van der Waals surface area contributed by atoms with E-state index < -0.39 is 5.97 Å². The molecule has 0 radical (unpaired) electrons. The number of nitrogens with one attached hydrogen (secondary N) is 1. The molecule has 1 rings (SSSR count). The van der Waals surface area contributed by atoms with Crippen molar-refractivity contribution in [1.82, 2.24) is 5.32 Å². The van der Waals surface area contributed by atoms with Crippen molar-refractivity contribution in [2.24, 2.45) is 0 Å². The summed E-state index contributed by atoms with van der Waals surface area (Å²) in [5, 5.41) is 11.3.